The van der Waals surface area contributed by atoms with Crippen molar-refractivity contribution in [3.8, 4) is 5.75 Å². The normalized spacial score (nSPS) is 13.2. The van der Waals surface area contributed by atoms with Crippen LogP contribution in [-0.2, 0) is 11.3 Å². The minimum Gasteiger partial charge on any atom is -0.491 e. The first kappa shape index (κ1) is 19.5. The maximum atomic E-state index is 12.1. The molecule has 0 aliphatic carbocycles. The molecule has 0 atom stereocenters. The summed E-state index contributed by atoms with van der Waals surface area (Å²) in [6.45, 7) is 6.23. The van der Waals surface area contributed by atoms with E-state index in [4.69, 9.17) is 9.47 Å². The second-order valence-electron chi connectivity index (χ2n) is 6.69. The lowest BCUT2D eigenvalue weighted by Gasteiger charge is -2.14. The van der Waals surface area contributed by atoms with Gasteiger partial charge in [0.25, 0.3) is 0 Å². The highest BCUT2D eigenvalue weighted by Gasteiger charge is 2.21. The lowest BCUT2D eigenvalue weighted by Crippen LogP contribution is -2.32. The number of anilines is 1. The molecule has 2 N–H and O–H groups in total. The SMILES string of the molecule is Cc1cccc(C)c1OCCNC(=O)Nc1cccc(CN2CCOC2=O)c1. The fourth-order valence-electron chi connectivity index (χ4n) is 3.06. The molecular weight excluding hydrogens is 358 g/mol. The number of hydrogen-bond donors (Lipinski definition) is 2. The van der Waals surface area contributed by atoms with Crippen LogP contribution in [0.3, 0.4) is 0 Å². The summed E-state index contributed by atoms with van der Waals surface area (Å²) in [5.74, 6) is 0.859. The second-order valence-corrected chi connectivity index (χ2v) is 6.69. The highest BCUT2D eigenvalue weighted by Crippen LogP contribution is 2.22. The van der Waals surface area contributed by atoms with Crippen LogP contribution in [0.4, 0.5) is 15.3 Å². The van der Waals surface area contributed by atoms with Crippen molar-refractivity contribution in [3.05, 3.63) is 59.2 Å². The van der Waals surface area contributed by atoms with E-state index in [1.807, 2.05) is 50.2 Å². The summed E-state index contributed by atoms with van der Waals surface area (Å²) in [4.78, 5) is 25.3. The molecule has 0 bridgehead atoms. The Kier molecular flexibility index (Phi) is 6.37. The quantitative estimate of drug-likeness (QED) is 0.718. The maximum absolute atomic E-state index is 12.1. The molecule has 1 aliphatic rings. The van der Waals surface area contributed by atoms with Crippen molar-refractivity contribution in [2.45, 2.75) is 20.4 Å². The Bertz CT molecular complexity index is 833. The molecule has 2 aromatic carbocycles. The van der Waals surface area contributed by atoms with Crippen LogP contribution < -0.4 is 15.4 Å². The van der Waals surface area contributed by atoms with E-state index in [1.54, 1.807) is 11.0 Å². The lowest BCUT2D eigenvalue weighted by atomic mass is 10.1. The summed E-state index contributed by atoms with van der Waals surface area (Å²) in [6, 6.07) is 13.1. The molecule has 0 saturated carbocycles. The number of nitrogens with zero attached hydrogens (tertiary/aromatic N) is 1. The van der Waals surface area contributed by atoms with E-state index >= 15 is 0 Å². The summed E-state index contributed by atoms with van der Waals surface area (Å²) in [7, 11) is 0. The third kappa shape index (κ3) is 5.16. The maximum Gasteiger partial charge on any atom is 0.410 e. The van der Waals surface area contributed by atoms with Crippen LogP contribution in [0, 0.1) is 13.8 Å². The molecule has 2 aromatic rings. The molecular formula is C21H25N3O4. The predicted molar refractivity (Wildman–Crippen MR) is 107 cm³/mol. The first-order valence-corrected chi connectivity index (χ1v) is 9.27. The van der Waals surface area contributed by atoms with Crippen LogP contribution in [-0.4, -0.2) is 43.3 Å². The molecule has 1 heterocycles. The Morgan fingerprint density at radius 2 is 1.93 bits per heavy atom. The Labute approximate surface area is 164 Å². The van der Waals surface area contributed by atoms with E-state index < -0.39 is 0 Å². The van der Waals surface area contributed by atoms with Crippen LogP contribution >= 0.6 is 0 Å². The fraction of sp³-hybridized carbons (Fsp3) is 0.333. The predicted octanol–water partition coefficient (Wildman–Crippen LogP) is 3.46. The van der Waals surface area contributed by atoms with Gasteiger partial charge >= 0.3 is 12.1 Å². The number of amides is 3. The molecule has 3 rings (SSSR count). The zero-order valence-corrected chi connectivity index (χ0v) is 16.2. The van der Waals surface area contributed by atoms with Crippen molar-refractivity contribution >= 4 is 17.8 Å². The van der Waals surface area contributed by atoms with Crippen molar-refractivity contribution in [1.82, 2.24) is 10.2 Å². The number of carbonyl (C=O) groups excluding carboxylic acids is 2. The Morgan fingerprint density at radius 1 is 1.18 bits per heavy atom. The number of aryl methyl sites for hydroxylation is 2. The lowest BCUT2D eigenvalue weighted by molar-refractivity contribution is 0.157. The van der Waals surface area contributed by atoms with Crippen LogP contribution in [0.5, 0.6) is 5.75 Å². The van der Waals surface area contributed by atoms with E-state index in [9.17, 15) is 9.59 Å². The monoisotopic (exact) mass is 383 g/mol. The van der Waals surface area contributed by atoms with Crippen molar-refractivity contribution in [3.63, 3.8) is 0 Å². The van der Waals surface area contributed by atoms with Gasteiger partial charge in [0.1, 0.15) is 19.0 Å². The summed E-state index contributed by atoms with van der Waals surface area (Å²) in [6.07, 6.45) is -0.306. The molecule has 7 heteroatoms. The minimum atomic E-state index is -0.306. The number of benzene rings is 2. The van der Waals surface area contributed by atoms with Crippen LogP contribution in [0.15, 0.2) is 42.5 Å². The van der Waals surface area contributed by atoms with E-state index in [0.717, 1.165) is 22.4 Å². The van der Waals surface area contributed by atoms with E-state index in [2.05, 4.69) is 10.6 Å². The van der Waals surface area contributed by atoms with Gasteiger partial charge in [0.15, 0.2) is 0 Å². The van der Waals surface area contributed by atoms with E-state index in [1.165, 1.54) is 0 Å². The van der Waals surface area contributed by atoms with Crippen molar-refractivity contribution < 1.29 is 19.1 Å². The molecule has 1 saturated heterocycles. The summed E-state index contributed by atoms with van der Waals surface area (Å²) in [5.41, 5.74) is 3.74. The number of para-hydroxylation sites is 1. The minimum absolute atomic E-state index is 0.303. The Morgan fingerprint density at radius 3 is 2.64 bits per heavy atom. The number of carbonyl (C=O) groups is 2. The van der Waals surface area contributed by atoms with Gasteiger partial charge in [-0.1, -0.05) is 30.3 Å². The van der Waals surface area contributed by atoms with Gasteiger partial charge in [0, 0.05) is 12.2 Å². The second kappa shape index (κ2) is 9.12. The number of nitrogens with one attached hydrogen (secondary N) is 2. The molecule has 0 aromatic heterocycles. The Balaban J connectivity index is 1.44. The third-order valence-electron chi connectivity index (χ3n) is 4.45. The van der Waals surface area contributed by atoms with Gasteiger partial charge in [-0.25, -0.2) is 9.59 Å². The molecule has 1 aliphatic heterocycles. The first-order chi connectivity index (χ1) is 13.5. The van der Waals surface area contributed by atoms with Crippen molar-refractivity contribution in [2.75, 3.05) is 31.6 Å². The molecule has 3 amide bonds. The molecule has 7 nitrogen and oxygen atoms in total. The zero-order valence-electron chi connectivity index (χ0n) is 16.2. The number of hydrogen-bond acceptors (Lipinski definition) is 4. The largest absolute Gasteiger partial charge is 0.491 e. The summed E-state index contributed by atoms with van der Waals surface area (Å²) in [5, 5.41) is 5.58. The van der Waals surface area contributed by atoms with Crippen LogP contribution in [0.1, 0.15) is 16.7 Å². The van der Waals surface area contributed by atoms with Gasteiger partial charge in [-0.3, -0.25) is 0 Å². The average molecular weight is 383 g/mol. The third-order valence-corrected chi connectivity index (χ3v) is 4.45. The fourth-order valence-corrected chi connectivity index (χ4v) is 3.06. The van der Waals surface area contributed by atoms with Crippen LogP contribution in [0.2, 0.25) is 0 Å². The zero-order chi connectivity index (χ0) is 19.9. The molecule has 148 valence electrons. The van der Waals surface area contributed by atoms with E-state index in [0.29, 0.717) is 38.5 Å². The summed E-state index contributed by atoms with van der Waals surface area (Å²) < 4.78 is 10.7. The van der Waals surface area contributed by atoms with Gasteiger partial charge in [0.2, 0.25) is 0 Å². The molecule has 0 radical (unpaired) electrons. The van der Waals surface area contributed by atoms with Gasteiger partial charge in [0.05, 0.1) is 13.1 Å². The Hall–Kier alpha value is -3.22. The molecule has 0 unspecified atom stereocenters. The highest BCUT2D eigenvalue weighted by molar-refractivity contribution is 5.89. The standard InChI is InChI=1S/C21H25N3O4/c1-15-5-3-6-16(2)19(15)27-11-9-22-20(25)23-18-8-4-7-17(13-18)14-24-10-12-28-21(24)26/h3-8,13H,9-12,14H2,1-2H3,(H2,22,23,25). The van der Waals surface area contributed by atoms with Gasteiger partial charge in [-0.05, 0) is 42.7 Å². The topological polar surface area (TPSA) is 79.9 Å². The number of urea groups is 1. The van der Waals surface area contributed by atoms with Gasteiger partial charge in [-0.15, -0.1) is 0 Å². The van der Waals surface area contributed by atoms with Crippen LogP contribution in [0.25, 0.3) is 0 Å². The van der Waals surface area contributed by atoms with Gasteiger partial charge < -0.3 is 25.0 Å². The van der Waals surface area contributed by atoms with Crippen molar-refractivity contribution in [1.29, 1.82) is 0 Å². The first-order valence-electron chi connectivity index (χ1n) is 9.27. The van der Waals surface area contributed by atoms with E-state index in [-0.39, 0.29) is 12.1 Å². The molecule has 1 fully saturated rings. The molecule has 0 spiro atoms. The van der Waals surface area contributed by atoms with Gasteiger partial charge in [-0.2, -0.15) is 0 Å². The smallest absolute Gasteiger partial charge is 0.410 e. The number of ether oxygens (including phenoxy) is 2. The highest BCUT2D eigenvalue weighted by atomic mass is 16.6. The van der Waals surface area contributed by atoms with Crippen molar-refractivity contribution in [2.24, 2.45) is 0 Å². The average Bonchev–Trinajstić information content (AvgIpc) is 3.05. The number of cyclic esters (lactones) is 1. The molecule has 28 heavy (non-hydrogen) atoms. The number of rotatable bonds is 7. The summed E-state index contributed by atoms with van der Waals surface area (Å²) >= 11 is 0.